The second-order valence-corrected chi connectivity index (χ2v) is 8.32. The van der Waals surface area contributed by atoms with Crippen molar-refractivity contribution in [2.45, 2.75) is 6.10 Å². The Hall–Kier alpha value is -3.47. The highest BCUT2D eigenvalue weighted by Crippen LogP contribution is 2.37. The third kappa shape index (κ3) is 4.36. The summed E-state index contributed by atoms with van der Waals surface area (Å²) in [5, 5.41) is 27.0. The monoisotopic (exact) mass is 499 g/mol. The SMILES string of the molecule is COc1ccc([C@@H](O)c2cc(-c3cnnc4c(F)c(N5CCOCC5)ccc34)c(F)cc2Cl)nn1. The van der Waals surface area contributed by atoms with E-state index in [1.54, 1.807) is 18.2 Å². The van der Waals surface area contributed by atoms with Gasteiger partial charge in [0.15, 0.2) is 5.82 Å². The van der Waals surface area contributed by atoms with Gasteiger partial charge >= 0.3 is 0 Å². The first-order valence-electron chi connectivity index (χ1n) is 10.8. The zero-order chi connectivity index (χ0) is 24.5. The summed E-state index contributed by atoms with van der Waals surface area (Å²) in [6, 6.07) is 8.90. The maximum Gasteiger partial charge on any atom is 0.233 e. The molecular weight excluding hydrogens is 480 g/mol. The summed E-state index contributed by atoms with van der Waals surface area (Å²) in [5.74, 6) is -0.916. The van der Waals surface area contributed by atoms with Crippen molar-refractivity contribution in [2.24, 2.45) is 0 Å². The molecule has 0 saturated carbocycles. The lowest BCUT2D eigenvalue weighted by molar-refractivity contribution is 0.122. The van der Waals surface area contributed by atoms with E-state index in [0.29, 0.717) is 42.9 Å². The Bertz CT molecular complexity index is 1380. The minimum atomic E-state index is -1.29. The molecule has 0 spiro atoms. The van der Waals surface area contributed by atoms with Crippen molar-refractivity contribution in [3.63, 3.8) is 0 Å². The normalized spacial score (nSPS) is 14.8. The van der Waals surface area contributed by atoms with Gasteiger partial charge in [-0.1, -0.05) is 11.6 Å². The fourth-order valence-electron chi connectivity index (χ4n) is 4.07. The Morgan fingerprint density at radius 3 is 2.57 bits per heavy atom. The van der Waals surface area contributed by atoms with Gasteiger partial charge in [-0.2, -0.15) is 5.10 Å². The van der Waals surface area contributed by atoms with Gasteiger partial charge in [-0.15, -0.1) is 15.3 Å². The zero-order valence-corrected chi connectivity index (χ0v) is 19.3. The third-order valence-corrected chi connectivity index (χ3v) is 6.23. The number of rotatable bonds is 5. The van der Waals surface area contributed by atoms with Gasteiger partial charge in [-0.05, 0) is 30.3 Å². The van der Waals surface area contributed by atoms with Crippen molar-refractivity contribution in [3.8, 4) is 17.0 Å². The second-order valence-electron chi connectivity index (χ2n) is 7.91. The van der Waals surface area contributed by atoms with Gasteiger partial charge < -0.3 is 19.5 Å². The van der Waals surface area contributed by atoms with E-state index in [2.05, 4.69) is 20.4 Å². The van der Waals surface area contributed by atoms with Crippen molar-refractivity contribution in [3.05, 3.63) is 70.5 Å². The molecule has 0 amide bonds. The van der Waals surface area contributed by atoms with Gasteiger partial charge in [0.05, 0.1) is 37.9 Å². The van der Waals surface area contributed by atoms with Crippen LogP contribution in [0, 0.1) is 11.6 Å². The van der Waals surface area contributed by atoms with E-state index in [-0.39, 0.29) is 33.2 Å². The molecule has 1 saturated heterocycles. The molecule has 1 aliphatic rings. The van der Waals surface area contributed by atoms with Crippen LogP contribution in [-0.2, 0) is 4.74 Å². The molecule has 1 aliphatic heterocycles. The molecule has 3 heterocycles. The van der Waals surface area contributed by atoms with Crippen LogP contribution in [0.3, 0.4) is 0 Å². The van der Waals surface area contributed by atoms with Crippen LogP contribution in [0.2, 0.25) is 5.02 Å². The van der Waals surface area contributed by atoms with Crippen molar-refractivity contribution in [1.29, 1.82) is 0 Å². The fourth-order valence-corrected chi connectivity index (χ4v) is 4.33. The second kappa shape index (κ2) is 9.65. The molecular formula is C24H20ClF2N5O3. The van der Waals surface area contributed by atoms with Crippen LogP contribution in [0.5, 0.6) is 5.88 Å². The molecule has 0 aliphatic carbocycles. The number of methoxy groups -OCH3 is 1. The van der Waals surface area contributed by atoms with Crippen LogP contribution in [0.4, 0.5) is 14.5 Å². The van der Waals surface area contributed by atoms with Crippen LogP contribution >= 0.6 is 11.6 Å². The molecule has 2 aromatic carbocycles. The molecule has 180 valence electrons. The highest BCUT2D eigenvalue weighted by molar-refractivity contribution is 6.31. The molecule has 0 unspecified atom stereocenters. The number of halogens is 3. The Kier molecular flexibility index (Phi) is 6.42. The van der Waals surface area contributed by atoms with E-state index in [1.807, 2.05) is 4.90 Å². The predicted octanol–water partition coefficient (Wildman–Crippen LogP) is 3.95. The number of aliphatic hydroxyl groups excluding tert-OH is 1. The predicted molar refractivity (Wildman–Crippen MR) is 126 cm³/mol. The summed E-state index contributed by atoms with van der Waals surface area (Å²) in [7, 11) is 1.45. The van der Waals surface area contributed by atoms with E-state index in [0.717, 1.165) is 6.07 Å². The molecule has 1 atom stereocenters. The number of ether oxygens (including phenoxy) is 2. The molecule has 0 bridgehead atoms. The molecule has 1 N–H and O–H groups in total. The molecule has 4 aromatic rings. The summed E-state index contributed by atoms with van der Waals surface area (Å²) < 4.78 is 40.9. The molecule has 8 nitrogen and oxygen atoms in total. The summed E-state index contributed by atoms with van der Waals surface area (Å²) >= 11 is 6.27. The first kappa shape index (κ1) is 23.3. The van der Waals surface area contributed by atoms with Crippen LogP contribution in [0.15, 0.2) is 42.6 Å². The van der Waals surface area contributed by atoms with E-state index < -0.39 is 17.7 Å². The Morgan fingerprint density at radius 2 is 1.86 bits per heavy atom. The summed E-state index contributed by atoms with van der Waals surface area (Å²) in [4.78, 5) is 1.87. The van der Waals surface area contributed by atoms with Gasteiger partial charge in [0.25, 0.3) is 0 Å². The standard InChI is InChI=1S/C24H20ClF2N5O3/c1-34-21-5-3-19(29-30-21)24(33)15-10-14(18(26)11-17(15)25)16-12-28-31-23-13(16)2-4-20(22(23)27)32-6-8-35-9-7-32/h2-5,10-12,24,33H,6-9H2,1H3/t24-/m0/s1. The average molecular weight is 500 g/mol. The van der Waals surface area contributed by atoms with Crippen molar-refractivity contribution < 1.29 is 23.4 Å². The molecule has 1 fully saturated rings. The average Bonchev–Trinajstić information content (AvgIpc) is 2.89. The van der Waals surface area contributed by atoms with Gasteiger partial charge in [0.2, 0.25) is 5.88 Å². The quantitative estimate of drug-likeness (QED) is 0.441. The molecule has 11 heteroatoms. The van der Waals surface area contributed by atoms with Gasteiger partial charge in [0, 0.05) is 46.3 Å². The van der Waals surface area contributed by atoms with E-state index >= 15 is 8.78 Å². The topological polar surface area (TPSA) is 93.5 Å². The van der Waals surface area contributed by atoms with Crippen LogP contribution in [0.25, 0.3) is 22.0 Å². The lowest BCUT2D eigenvalue weighted by Gasteiger charge is -2.29. The number of anilines is 1. The highest BCUT2D eigenvalue weighted by Gasteiger charge is 2.23. The number of hydrogen-bond donors (Lipinski definition) is 1. The Morgan fingerprint density at radius 1 is 1.06 bits per heavy atom. The summed E-state index contributed by atoms with van der Waals surface area (Å²) in [5.41, 5.74) is 1.21. The minimum Gasteiger partial charge on any atom is -0.480 e. The number of benzene rings is 2. The number of aromatic nitrogens is 4. The van der Waals surface area contributed by atoms with Crippen molar-refractivity contribution in [1.82, 2.24) is 20.4 Å². The number of morpholine rings is 1. The van der Waals surface area contributed by atoms with Gasteiger partial charge in [0.1, 0.15) is 17.4 Å². The molecule has 2 aromatic heterocycles. The van der Waals surface area contributed by atoms with E-state index in [4.69, 9.17) is 21.1 Å². The first-order chi connectivity index (χ1) is 17.0. The van der Waals surface area contributed by atoms with Gasteiger partial charge in [-0.3, -0.25) is 0 Å². The van der Waals surface area contributed by atoms with Crippen molar-refractivity contribution in [2.75, 3.05) is 38.3 Å². The van der Waals surface area contributed by atoms with Crippen LogP contribution in [-0.4, -0.2) is 58.9 Å². The van der Waals surface area contributed by atoms with Crippen LogP contribution in [0.1, 0.15) is 17.4 Å². The van der Waals surface area contributed by atoms with Crippen LogP contribution < -0.4 is 9.64 Å². The highest BCUT2D eigenvalue weighted by atomic mass is 35.5. The summed E-state index contributed by atoms with van der Waals surface area (Å²) in [6.07, 6.45) is 0.0669. The fraction of sp³-hybridized carbons (Fsp3) is 0.250. The van der Waals surface area contributed by atoms with Crippen molar-refractivity contribution >= 4 is 28.2 Å². The zero-order valence-electron chi connectivity index (χ0n) is 18.6. The largest absolute Gasteiger partial charge is 0.480 e. The maximum absolute atomic E-state index is 15.4. The number of fused-ring (bicyclic) bond motifs is 1. The third-order valence-electron chi connectivity index (χ3n) is 5.90. The number of aliphatic hydroxyl groups is 1. The summed E-state index contributed by atoms with van der Waals surface area (Å²) in [6.45, 7) is 2.11. The molecule has 5 rings (SSSR count). The number of nitrogens with zero attached hydrogens (tertiary/aromatic N) is 5. The smallest absolute Gasteiger partial charge is 0.233 e. The maximum atomic E-state index is 15.4. The minimum absolute atomic E-state index is 0.00322. The Balaban J connectivity index is 1.59. The molecule has 35 heavy (non-hydrogen) atoms. The lowest BCUT2D eigenvalue weighted by atomic mass is 9.97. The van der Waals surface area contributed by atoms with Gasteiger partial charge in [-0.25, -0.2) is 8.78 Å². The van der Waals surface area contributed by atoms with E-state index in [1.165, 1.54) is 25.4 Å². The molecule has 0 radical (unpaired) electrons. The van der Waals surface area contributed by atoms with E-state index in [9.17, 15) is 5.11 Å². The lowest BCUT2D eigenvalue weighted by Crippen LogP contribution is -2.36. The Labute approximate surface area is 204 Å². The first-order valence-corrected chi connectivity index (χ1v) is 11.2. The number of hydrogen-bond acceptors (Lipinski definition) is 8.